The molecule has 0 aliphatic heterocycles. The van der Waals surface area contributed by atoms with Crippen LogP contribution in [0.2, 0.25) is 0 Å². The van der Waals surface area contributed by atoms with Gasteiger partial charge in [0.15, 0.2) is 0 Å². The predicted molar refractivity (Wildman–Crippen MR) is 91.6 cm³/mol. The molecule has 0 amide bonds. The van der Waals surface area contributed by atoms with Crippen LogP contribution in [0.25, 0.3) is 10.8 Å². The summed E-state index contributed by atoms with van der Waals surface area (Å²) in [7, 11) is 0. The summed E-state index contributed by atoms with van der Waals surface area (Å²) in [5, 5.41) is 25.0. The molecule has 1 heterocycles. The fourth-order valence-electron chi connectivity index (χ4n) is 2.73. The first-order valence-electron chi connectivity index (χ1n) is 7.38. The number of nitro groups is 1. The van der Waals surface area contributed by atoms with Crippen molar-refractivity contribution >= 4 is 22.1 Å². The van der Waals surface area contributed by atoms with Gasteiger partial charge in [-0.15, -0.1) is 0 Å². The van der Waals surface area contributed by atoms with E-state index in [4.69, 9.17) is 0 Å². The normalized spacial score (nSPS) is 11.7. The average Bonchev–Trinajstić information content (AvgIpc) is 2.61. The van der Waals surface area contributed by atoms with Crippen LogP contribution < -0.4 is 5.32 Å². The van der Waals surface area contributed by atoms with Crippen molar-refractivity contribution in [2.24, 2.45) is 0 Å². The first-order valence-corrected chi connectivity index (χ1v) is 7.38. The van der Waals surface area contributed by atoms with Crippen molar-refractivity contribution in [3.8, 4) is 6.07 Å². The molecular formula is C18H14N4O2. The fourth-order valence-corrected chi connectivity index (χ4v) is 2.73. The maximum absolute atomic E-state index is 11.3. The number of nitriles is 1. The number of pyridine rings is 1. The summed E-state index contributed by atoms with van der Waals surface area (Å²) in [5.74, 6) is 0. The van der Waals surface area contributed by atoms with Crippen molar-refractivity contribution in [1.82, 2.24) is 4.98 Å². The molecule has 2 aromatic carbocycles. The SMILES string of the molecule is CC(Nc1ccc([N+](=O)[O-])c2c(C#N)cccc12)c1ccncc1. The van der Waals surface area contributed by atoms with E-state index in [1.54, 1.807) is 36.7 Å². The summed E-state index contributed by atoms with van der Waals surface area (Å²) in [4.78, 5) is 14.8. The Labute approximate surface area is 138 Å². The third-order valence-corrected chi connectivity index (χ3v) is 3.91. The Morgan fingerprint density at radius 1 is 1.21 bits per heavy atom. The largest absolute Gasteiger partial charge is 0.378 e. The number of anilines is 1. The lowest BCUT2D eigenvalue weighted by Crippen LogP contribution is -2.07. The molecule has 0 bridgehead atoms. The number of benzene rings is 2. The van der Waals surface area contributed by atoms with Crippen LogP contribution in [0.1, 0.15) is 24.1 Å². The maximum Gasteiger partial charge on any atom is 0.278 e. The van der Waals surface area contributed by atoms with Crippen LogP contribution in [0, 0.1) is 21.4 Å². The molecule has 6 heteroatoms. The quantitative estimate of drug-likeness (QED) is 0.575. The maximum atomic E-state index is 11.3. The second-order valence-corrected chi connectivity index (χ2v) is 5.38. The summed E-state index contributed by atoms with van der Waals surface area (Å²) in [6, 6.07) is 14.1. The van der Waals surface area contributed by atoms with Gasteiger partial charge in [0.2, 0.25) is 0 Å². The number of aromatic nitrogens is 1. The standard InChI is InChI=1S/C18H14N4O2/c1-12(13-7-9-20-10-8-13)21-16-5-6-17(22(23)24)18-14(11-19)3-2-4-15(16)18/h2-10,12,21H,1H3. The van der Waals surface area contributed by atoms with Crippen LogP contribution in [-0.2, 0) is 0 Å². The van der Waals surface area contributed by atoms with Crippen molar-refractivity contribution in [3.05, 3.63) is 76.1 Å². The molecule has 3 aromatic rings. The zero-order chi connectivity index (χ0) is 17.1. The molecular weight excluding hydrogens is 304 g/mol. The minimum atomic E-state index is -0.459. The Morgan fingerprint density at radius 2 is 1.96 bits per heavy atom. The van der Waals surface area contributed by atoms with Gasteiger partial charge in [0.05, 0.1) is 15.9 Å². The zero-order valence-electron chi connectivity index (χ0n) is 12.9. The molecule has 118 valence electrons. The lowest BCUT2D eigenvalue weighted by molar-refractivity contribution is -0.383. The van der Waals surface area contributed by atoms with Gasteiger partial charge in [-0.3, -0.25) is 15.1 Å². The average molecular weight is 318 g/mol. The molecule has 0 spiro atoms. The van der Waals surface area contributed by atoms with Gasteiger partial charge in [-0.25, -0.2) is 0 Å². The smallest absolute Gasteiger partial charge is 0.278 e. The highest BCUT2D eigenvalue weighted by atomic mass is 16.6. The van der Waals surface area contributed by atoms with E-state index in [1.807, 2.05) is 25.1 Å². The lowest BCUT2D eigenvalue weighted by atomic mass is 10.0. The second-order valence-electron chi connectivity index (χ2n) is 5.38. The molecule has 0 saturated heterocycles. The van der Waals surface area contributed by atoms with Crippen LogP contribution in [0.3, 0.4) is 0 Å². The van der Waals surface area contributed by atoms with Crippen LogP contribution in [0.5, 0.6) is 0 Å². The molecule has 0 saturated carbocycles. The summed E-state index contributed by atoms with van der Waals surface area (Å²) < 4.78 is 0. The van der Waals surface area contributed by atoms with Crippen molar-refractivity contribution in [3.63, 3.8) is 0 Å². The minimum absolute atomic E-state index is 0.0107. The van der Waals surface area contributed by atoms with Gasteiger partial charge < -0.3 is 5.32 Å². The third-order valence-electron chi connectivity index (χ3n) is 3.91. The fraction of sp³-hybridized carbons (Fsp3) is 0.111. The van der Waals surface area contributed by atoms with Gasteiger partial charge in [-0.05, 0) is 36.8 Å². The number of rotatable bonds is 4. The van der Waals surface area contributed by atoms with E-state index in [2.05, 4.69) is 10.3 Å². The van der Waals surface area contributed by atoms with Crippen LogP contribution in [-0.4, -0.2) is 9.91 Å². The Kier molecular flexibility index (Phi) is 4.08. The number of nitrogens with zero attached hydrogens (tertiary/aromatic N) is 3. The number of hydrogen-bond donors (Lipinski definition) is 1. The van der Waals surface area contributed by atoms with Gasteiger partial charge in [0.25, 0.3) is 5.69 Å². The van der Waals surface area contributed by atoms with Gasteiger partial charge in [0.1, 0.15) is 6.07 Å². The van der Waals surface area contributed by atoms with E-state index >= 15 is 0 Å². The molecule has 0 aliphatic carbocycles. The van der Waals surface area contributed by atoms with Gasteiger partial charge in [-0.2, -0.15) is 5.26 Å². The van der Waals surface area contributed by atoms with Crippen LogP contribution >= 0.6 is 0 Å². The van der Waals surface area contributed by atoms with Crippen molar-refractivity contribution < 1.29 is 4.92 Å². The van der Waals surface area contributed by atoms with E-state index in [0.717, 1.165) is 11.3 Å². The first kappa shape index (κ1) is 15.4. The molecule has 1 atom stereocenters. The van der Waals surface area contributed by atoms with Gasteiger partial charge >= 0.3 is 0 Å². The number of fused-ring (bicyclic) bond motifs is 1. The van der Waals surface area contributed by atoms with Crippen LogP contribution in [0.4, 0.5) is 11.4 Å². The summed E-state index contributed by atoms with van der Waals surface area (Å²) >= 11 is 0. The Hall–Kier alpha value is -3.46. The van der Waals surface area contributed by atoms with Crippen LogP contribution in [0.15, 0.2) is 54.9 Å². The van der Waals surface area contributed by atoms with Crippen molar-refractivity contribution in [2.75, 3.05) is 5.32 Å². The predicted octanol–water partition coefficient (Wildman–Crippen LogP) is 4.19. The zero-order valence-corrected chi connectivity index (χ0v) is 12.9. The van der Waals surface area contributed by atoms with E-state index in [0.29, 0.717) is 16.3 Å². The summed E-state index contributed by atoms with van der Waals surface area (Å²) in [6.45, 7) is 2.00. The van der Waals surface area contributed by atoms with Crippen molar-refractivity contribution in [2.45, 2.75) is 13.0 Å². The molecule has 0 aliphatic rings. The van der Waals surface area contributed by atoms with E-state index < -0.39 is 4.92 Å². The molecule has 0 radical (unpaired) electrons. The van der Waals surface area contributed by atoms with Gasteiger partial charge in [-0.1, -0.05) is 12.1 Å². The monoisotopic (exact) mass is 318 g/mol. The number of hydrogen-bond acceptors (Lipinski definition) is 5. The highest BCUT2D eigenvalue weighted by Crippen LogP contribution is 2.35. The lowest BCUT2D eigenvalue weighted by Gasteiger charge is -2.17. The molecule has 1 aromatic heterocycles. The number of nitro benzene ring substituents is 1. The first-order chi connectivity index (χ1) is 11.6. The summed E-state index contributed by atoms with van der Waals surface area (Å²) in [5.41, 5.74) is 2.02. The van der Waals surface area contributed by atoms with E-state index in [1.165, 1.54) is 6.07 Å². The number of nitrogens with one attached hydrogen (secondary N) is 1. The molecule has 1 unspecified atom stereocenters. The Bertz CT molecular complexity index is 948. The van der Waals surface area contributed by atoms with Crippen molar-refractivity contribution in [1.29, 1.82) is 5.26 Å². The number of non-ortho nitro benzene ring substituents is 1. The molecule has 0 fully saturated rings. The molecule has 3 rings (SSSR count). The van der Waals surface area contributed by atoms with Gasteiger partial charge in [0, 0.05) is 35.6 Å². The van der Waals surface area contributed by atoms with E-state index in [9.17, 15) is 15.4 Å². The molecule has 6 nitrogen and oxygen atoms in total. The molecule has 1 N–H and O–H groups in total. The Morgan fingerprint density at radius 3 is 2.62 bits per heavy atom. The Balaban J connectivity index is 2.12. The van der Waals surface area contributed by atoms with E-state index in [-0.39, 0.29) is 11.7 Å². The second kappa shape index (κ2) is 6.34. The third kappa shape index (κ3) is 2.75. The highest BCUT2D eigenvalue weighted by Gasteiger charge is 2.18. The molecule has 24 heavy (non-hydrogen) atoms. The minimum Gasteiger partial charge on any atom is -0.378 e. The summed E-state index contributed by atoms with van der Waals surface area (Å²) in [6.07, 6.45) is 3.44. The highest BCUT2D eigenvalue weighted by molar-refractivity contribution is 6.03. The topological polar surface area (TPSA) is 91.9 Å².